The summed E-state index contributed by atoms with van der Waals surface area (Å²) >= 11 is 1.75. The van der Waals surface area contributed by atoms with Gasteiger partial charge in [0.1, 0.15) is 6.10 Å². The number of fused-ring (bicyclic) bond motifs is 1. The van der Waals surface area contributed by atoms with E-state index in [-0.39, 0.29) is 6.10 Å². The van der Waals surface area contributed by atoms with Crippen LogP contribution < -0.4 is 5.73 Å². The third kappa shape index (κ3) is 2.11. The maximum Gasteiger partial charge on any atom is 0.123 e. The quantitative estimate of drug-likeness (QED) is 0.754. The van der Waals surface area contributed by atoms with Crippen molar-refractivity contribution in [1.82, 2.24) is 0 Å². The van der Waals surface area contributed by atoms with E-state index < -0.39 is 0 Å². The average molecular weight is 222 g/mol. The van der Waals surface area contributed by atoms with Crippen molar-refractivity contribution in [3.8, 4) is 0 Å². The van der Waals surface area contributed by atoms with Gasteiger partial charge < -0.3 is 15.9 Å². The van der Waals surface area contributed by atoms with Gasteiger partial charge in [0.2, 0.25) is 0 Å². The van der Waals surface area contributed by atoms with Gasteiger partial charge in [-0.15, -0.1) is 11.3 Å². The number of nitrogens with two attached hydrogens (primary N) is 1. The molecule has 3 N–H and O–H groups in total. The number of rotatable bonds is 2. The molecule has 0 saturated carbocycles. The number of allylic oxidation sites excluding steroid dienone is 1. The summed E-state index contributed by atoms with van der Waals surface area (Å²) in [7, 11) is 0. The van der Waals surface area contributed by atoms with Gasteiger partial charge in [0, 0.05) is 28.3 Å². The fraction of sp³-hybridized carbons (Fsp3) is 0.364. The van der Waals surface area contributed by atoms with Gasteiger partial charge in [-0.3, -0.25) is 0 Å². The van der Waals surface area contributed by atoms with Crippen LogP contribution in [0.25, 0.3) is 0 Å². The standard InChI is InChI=1S/C11H14N2OS/c1-7(12)6-9(13)11-8-3-5-15-10(8)2-4-14-11/h3,5-6,11-12H,2,4,13H2,1H3/b9-6-,12-7?. The van der Waals surface area contributed by atoms with E-state index in [2.05, 4.69) is 11.4 Å². The van der Waals surface area contributed by atoms with Gasteiger partial charge in [-0.05, 0) is 24.4 Å². The molecule has 1 unspecified atom stereocenters. The lowest BCUT2D eigenvalue weighted by Crippen LogP contribution is -2.20. The van der Waals surface area contributed by atoms with Crippen molar-refractivity contribution in [3.05, 3.63) is 33.7 Å². The number of hydrogen-bond acceptors (Lipinski definition) is 4. The van der Waals surface area contributed by atoms with Crippen LogP contribution in [0.5, 0.6) is 0 Å². The van der Waals surface area contributed by atoms with Crippen molar-refractivity contribution >= 4 is 17.0 Å². The SMILES string of the molecule is CC(=N)/C=C(\N)C1OCCc2sccc21. The first-order valence-corrected chi connectivity index (χ1v) is 5.76. The third-order valence-corrected chi connectivity index (χ3v) is 3.36. The molecule has 1 aromatic rings. The minimum absolute atomic E-state index is 0.153. The van der Waals surface area contributed by atoms with E-state index in [1.54, 1.807) is 24.3 Å². The minimum atomic E-state index is -0.153. The molecule has 0 spiro atoms. The van der Waals surface area contributed by atoms with E-state index >= 15 is 0 Å². The zero-order valence-corrected chi connectivity index (χ0v) is 9.43. The molecule has 0 radical (unpaired) electrons. The van der Waals surface area contributed by atoms with Crippen LogP contribution in [0.15, 0.2) is 23.2 Å². The molecule has 4 heteroatoms. The lowest BCUT2D eigenvalue weighted by Gasteiger charge is -2.23. The van der Waals surface area contributed by atoms with E-state index in [1.807, 2.05) is 0 Å². The second-order valence-electron chi connectivity index (χ2n) is 3.63. The molecule has 1 atom stereocenters. The Balaban J connectivity index is 2.30. The molecule has 0 bridgehead atoms. The summed E-state index contributed by atoms with van der Waals surface area (Å²) in [4.78, 5) is 1.35. The highest BCUT2D eigenvalue weighted by Gasteiger charge is 2.23. The first-order chi connectivity index (χ1) is 7.18. The number of ether oxygens (including phenoxy) is 1. The molecular weight excluding hydrogens is 208 g/mol. The Hall–Kier alpha value is -1.13. The molecule has 1 aromatic heterocycles. The van der Waals surface area contributed by atoms with Crippen molar-refractivity contribution in [2.75, 3.05) is 6.61 Å². The third-order valence-electron chi connectivity index (χ3n) is 2.36. The predicted octanol–water partition coefficient (Wildman–Crippen LogP) is 2.24. The van der Waals surface area contributed by atoms with Gasteiger partial charge in [0.05, 0.1) is 6.61 Å². The van der Waals surface area contributed by atoms with Crippen LogP contribution in [0.4, 0.5) is 0 Å². The molecule has 0 amide bonds. The molecule has 80 valence electrons. The van der Waals surface area contributed by atoms with Crippen molar-refractivity contribution < 1.29 is 4.74 Å². The van der Waals surface area contributed by atoms with E-state index in [0.29, 0.717) is 18.0 Å². The molecule has 2 heterocycles. The highest BCUT2D eigenvalue weighted by atomic mass is 32.1. The monoisotopic (exact) mass is 222 g/mol. The van der Waals surface area contributed by atoms with Crippen LogP contribution in [0.1, 0.15) is 23.5 Å². The molecule has 0 fully saturated rings. The molecule has 0 aliphatic carbocycles. The Kier molecular flexibility index (Phi) is 2.88. The Morgan fingerprint density at radius 2 is 2.53 bits per heavy atom. The molecule has 0 aromatic carbocycles. The summed E-state index contributed by atoms with van der Waals surface area (Å²) in [6, 6.07) is 2.06. The Morgan fingerprint density at radius 3 is 3.27 bits per heavy atom. The second kappa shape index (κ2) is 4.16. The van der Waals surface area contributed by atoms with Crippen LogP contribution in [0.3, 0.4) is 0 Å². The smallest absolute Gasteiger partial charge is 0.123 e. The summed E-state index contributed by atoms with van der Waals surface area (Å²) in [5, 5.41) is 9.45. The Morgan fingerprint density at radius 1 is 1.73 bits per heavy atom. The lowest BCUT2D eigenvalue weighted by molar-refractivity contribution is 0.0675. The topological polar surface area (TPSA) is 59.1 Å². The maximum atomic E-state index is 7.38. The number of nitrogens with one attached hydrogen (secondary N) is 1. The highest BCUT2D eigenvalue weighted by Crippen LogP contribution is 2.33. The Bertz CT molecular complexity index is 408. The maximum absolute atomic E-state index is 7.38. The van der Waals surface area contributed by atoms with E-state index in [4.69, 9.17) is 15.9 Å². The van der Waals surface area contributed by atoms with E-state index in [9.17, 15) is 0 Å². The molecular formula is C11H14N2OS. The molecule has 1 aliphatic heterocycles. The Labute approximate surface area is 93.1 Å². The predicted molar refractivity (Wildman–Crippen MR) is 62.4 cm³/mol. The summed E-state index contributed by atoms with van der Waals surface area (Å²) in [6.07, 6.45) is 2.48. The van der Waals surface area contributed by atoms with Crippen LogP contribution in [-0.2, 0) is 11.2 Å². The van der Waals surface area contributed by atoms with Gasteiger partial charge in [0.15, 0.2) is 0 Å². The van der Waals surface area contributed by atoms with E-state index in [1.165, 1.54) is 10.4 Å². The lowest BCUT2D eigenvalue weighted by atomic mass is 10.0. The summed E-state index contributed by atoms with van der Waals surface area (Å²) in [5.41, 5.74) is 8.17. The van der Waals surface area contributed by atoms with Crippen LogP contribution in [-0.4, -0.2) is 12.3 Å². The number of hydrogen-bond donors (Lipinski definition) is 2. The average Bonchev–Trinajstić information content (AvgIpc) is 2.63. The second-order valence-corrected chi connectivity index (χ2v) is 4.63. The zero-order chi connectivity index (χ0) is 10.8. The summed E-state index contributed by atoms with van der Waals surface area (Å²) in [5.74, 6) is 0. The molecule has 15 heavy (non-hydrogen) atoms. The normalized spacial score (nSPS) is 21.1. The largest absolute Gasteiger partial charge is 0.400 e. The van der Waals surface area contributed by atoms with Gasteiger partial charge in [-0.25, -0.2) is 0 Å². The first-order valence-electron chi connectivity index (χ1n) is 4.88. The molecule has 0 saturated heterocycles. The van der Waals surface area contributed by atoms with Crippen LogP contribution >= 0.6 is 11.3 Å². The van der Waals surface area contributed by atoms with Gasteiger partial charge in [-0.1, -0.05) is 0 Å². The molecule has 3 nitrogen and oxygen atoms in total. The van der Waals surface area contributed by atoms with Gasteiger partial charge in [-0.2, -0.15) is 0 Å². The van der Waals surface area contributed by atoms with Crippen molar-refractivity contribution in [2.24, 2.45) is 5.73 Å². The zero-order valence-electron chi connectivity index (χ0n) is 8.62. The highest BCUT2D eigenvalue weighted by molar-refractivity contribution is 7.10. The first kappa shape index (κ1) is 10.4. The summed E-state index contributed by atoms with van der Waals surface area (Å²) in [6.45, 7) is 2.42. The van der Waals surface area contributed by atoms with Crippen molar-refractivity contribution in [1.29, 1.82) is 5.41 Å². The summed E-state index contributed by atoms with van der Waals surface area (Å²) < 4.78 is 5.64. The fourth-order valence-electron chi connectivity index (χ4n) is 1.75. The minimum Gasteiger partial charge on any atom is -0.400 e. The van der Waals surface area contributed by atoms with Gasteiger partial charge >= 0.3 is 0 Å². The molecule has 1 aliphatic rings. The van der Waals surface area contributed by atoms with Crippen molar-refractivity contribution in [2.45, 2.75) is 19.4 Å². The number of thiophene rings is 1. The van der Waals surface area contributed by atoms with Crippen LogP contribution in [0.2, 0.25) is 0 Å². The van der Waals surface area contributed by atoms with Gasteiger partial charge in [0.25, 0.3) is 0 Å². The van der Waals surface area contributed by atoms with Crippen molar-refractivity contribution in [3.63, 3.8) is 0 Å². The molecule has 2 rings (SSSR count). The fourth-order valence-corrected chi connectivity index (χ4v) is 2.64. The van der Waals surface area contributed by atoms with Crippen LogP contribution in [0, 0.1) is 5.41 Å². The van der Waals surface area contributed by atoms with E-state index in [0.717, 1.165) is 6.42 Å².